The van der Waals surface area contributed by atoms with E-state index in [-0.39, 0.29) is 6.04 Å². The quantitative estimate of drug-likeness (QED) is 0.728. The molecule has 0 saturated heterocycles. The summed E-state index contributed by atoms with van der Waals surface area (Å²) in [7, 11) is 0. The second kappa shape index (κ2) is 4.98. The van der Waals surface area contributed by atoms with Crippen LogP contribution in [0, 0.1) is 5.92 Å². The molecule has 1 aliphatic carbocycles. The number of hydrogen-bond acceptors (Lipinski definition) is 2. The molecule has 4 heteroatoms. The lowest BCUT2D eigenvalue weighted by Gasteiger charge is -2.28. The Labute approximate surface area is 83.7 Å². The highest BCUT2D eigenvalue weighted by Crippen LogP contribution is 2.25. The molecule has 1 amide bonds. The van der Waals surface area contributed by atoms with Crippen LogP contribution in [-0.2, 0) is 4.79 Å². The average molecular weight is 199 g/mol. The van der Waals surface area contributed by atoms with Crippen molar-refractivity contribution in [1.82, 2.24) is 5.32 Å². The van der Waals surface area contributed by atoms with Crippen molar-refractivity contribution in [3.63, 3.8) is 0 Å². The van der Waals surface area contributed by atoms with Gasteiger partial charge in [-0.2, -0.15) is 0 Å². The second-order valence-electron chi connectivity index (χ2n) is 3.84. The molecular weight excluding hydrogens is 182 g/mol. The largest absolute Gasteiger partial charge is 0.465 e. The molecule has 2 N–H and O–H groups in total. The summed E-state index contributed by atoms with van der Waals surface area (Å²) < 4.78 is 0. The standard InChI is InChI=1S/C10H17NO3/c1-2-9(11-10(13)14)7-3-5-8(12)6-4-7/h7,9,11H,2-6H2,1H3,(H,13,14). The molecule has 0 aromatic heterocycles. The van der Waals surface area contributed by atoms with E-state index in [0.29, 0.717) is 24.5 Å². The van der Waals surface area contributed by atoms with Gasteiger partial charge in [0.25, 0.3) is 0 Å². The molecule has 0 aromatic carbocycles. The zero-order valence-corrected chi connectivity index (χ0v) is 8.45. The van der Waals surface area contributed by atoms with Crippen molar-refractivity contribution in [2.45, 2.75) is 45.1 Å². The zero-order valence-electron chi connectivity index (χ0n) is 8.45. The predicted molar refractivity (Wildman–Crippen MR) is 52.2 cm³/mol. The van der Waals surface area contributed by atoms with E-state index in [2.05, 4.69) is 5.32 Å². The van der Waals surface area contributed by atoms with E-state index < -0.39 is 6.09 Å². The molecule has 1 rings (SSSR count). The lowest BCUT2D eigenvalue weighted by Crippen LogP contribution is -2.40. The van der Waals surface area contributed by atoms with Crippen LogP contribution < -0.4 is 5.32 Å². The Morgan fingerprint density at radius 1 is 1.57 bits per heavy atom. The van der Waals surface area contributed by atoms with Crippen LogP contribution in [0.2, 0.25) is 0 Å². The predicted octanol–water partition coefficient (Wildman–Crippen LogP) is 1.79. The summed E-state index contributed by atoms with van der Waals surface area (Å²) >= 11 is 0. The second-order valence-corrected chi connectivity index (χ2v) is 3.84. The van der Waals surface area contributed by atoms with Crippen LogP contribution in [0.5, 0.6) is 0 Å². The van der Waals surface area contributed by atoms with Crippen LogP contribution >= 0.6 is 0 Å². The van der Waals surface area contributed by atoms with Crippen LogP contribution in [0.3, 0.4) is 0 Å². The van der Waals surface area contributed by atoms with Gasteiger partial charge in [-0.15, -0.1) is 0 Å². The van der Waals surface area contributed by atoms with Crippen molar-refractivity contribution in [2.24, 2.45) is 5.92 Å². The summed E-state index contributed by atoms with van der Waals surface area (Å²) in [6.07, 6.45) is 2.72. The molecule has 0 aliphatic heterocycles. The summed E-state index contributed by atoms with van der Waals surface area (Å²) in [5.41, 5.74) is 0. The van der Waals surface area contributed by atoms with Crippen LogP contribution in [-0.4, -0.2) is 23.0 Å². The molecule has 1 atom stereocenters. The third-order valence-electron chi connectivity index (χ3n) is 2.91. The van der Waals surface area contributed by atoms with Gasteiger partial charge in [-0.3, -0.25) is 4.79 Å². The van der Waals surface area contributed by atoms with Gasteiger partial charge in [0, 0.05) is 18.9 Å². The first-order valence-electron chi connectivity index (χ1n) is 5.14. The SMILES string of the molecule is CCC(NC(=O)O)C1CCC(=O)CC1. The van der Waals surface area contributed by atoms with Gasteiger partial charge in [0.05, 0.1) is 0 Å². The lowest BCUT2D eigenvalue weighted by atomic mass is 9.82. The Morgan fingerprint density at radius 3 is 2.57 bits per heavy atom. The third kappa shape index (κ3) is 3.01. The molecule has 0 aromatic rings. The highest BCUT2D eigenvalue weighted by molar-refractivity contribution is 5.79. The van der Waals surface area contributed by atoms with Gasteiger partial charge in [0.1, 0.15) is 5.78 Å². The summed E-state index contributed by atoms with van der Waals surface area (Å²) in [5.74, 6) is 0.653. The number of carbonyl (C=O) groups excluding carboxylic acids is 1. The maximum Gasteiger partial charge on any atom is 0.404 e. The van der Waals surface area contributed by atoms with E-state index in [0.717, 1.165) is 19.3 Å². The Kier molecular flexibility index (Phi) is 3.92. The van der Waals surface area contributed by atoms with E-state index in [1.807, 2.05) is 6.92 Å². The van der Waals surface area contributed by atoms with E-state index in [1.165, 1.54) is 0 Å². The van der Waals surface area contributed by atoms with Gasteiger partial charge in [-0.25, -0.2) is 4.79 Å². The van der Waals surface area contributed by atoms with Crippen LogP contribution in [0.15, 0.2) is 0 Å². The number of rotatable bonds is 3. The Hall–Kier alpha value is -1.06. The average Bonchev–Trinajstić information content (AvgIpc) is 2.15. The maximum atomic E-state index is 11.0. The van der Waals surface area contributed by atoms with Crippen molar-refractivity contribution in [1.29, 1.82) is 0 Å². The fourth-order valence-electron chi connectivity index (χ4n) is 2.08. The van der Waals surface area contributed by atoms with Gasteiger partial charge in [0.15, 0.2) is 0 Å². The molecule has 1 fully saturated rings. The molecule has 80 valence electrons. The number of ketones is 1. The van der Waals surface area contributed by atoms with E-state index in [1.54, 1.807) is 0 Å². The number of carbonyl (C=O) groups is 2. The van der Waals surface area contributed by atoms with E-state index >= 15 is 0 Å². The van der Waals surface area contributed by atoms with E-state index in [4.69, 9.17) is 5.11 Å². The summed E-state index contributed by atoms with van der Waals surface area (Å²) in [6.45, 7) is 1.97. The number of nitrogens with one attached hydrogen (secondary N) is 1. The number of carboxylic acid groups (broad SMARTS) is 1. The molecule has 1 aliphatic rings. The number of Topliss-reactive ketones (excluding diaryl/α,β-unsaturated/α-hetero) is 1. The maximum absolute atomic E-state index is 11.0. The fourth-order valence-corrected chi connectivity index (χ4v) is 2.08. The van der Waals surface area contributed by atoms with Crippen LogP contribution in [0.25, 0.3) is 0 Å². The molecule has 0 spiro atoms. The Morgan fingerprint density at radius 2 is 2.14 bits per heavy atom. The zero-order chi connectivity index (χ0) is 10.6. The number of hydrogen-bond donors (Lipinski definition) is 2. The highest BCUT2D eigenvalue weighted by Gasteiger charge is 2.26. The Bertz CT molecular complexity index is 217. The molecular formula is C10H17NO3. The van der Waals surface area contributed by atoms with Crippen LogP contribution in [0.4, 0.5) is 4.79 Å². The minimum Gasteiger partial charge on any atom is -0.465 e. The first-order chi connectivity index (χ1) is 6.63. The van der Waals surface area contributed by atoms with Gasteiger partial charge in [0.2, 0.25) is 0 Å². The first-order valence-corrected chi connectivity index (χ1v) is 5.14. The van der Waals surface area contributed by atoms with Crippen molar-refractivity contribution >= 4 is 11.9 Å². The monoisotopic (exact) mass is 199 g/mol. The summed E-state index contributed by atoms with van der Waals surface area (Å²) in [6, 6.07) is 0.0144. The normalized spacial score (nSPS) is 20.5. The number of amides is 1. The molecule has 1 saturated carbocycles. The lowest BCUT2D eigenvalue weighted by molar-refractivity contribution is -0.121. The molecule has 0 bridgehead atoms. The summed E-state index contributed by atoms with van der Waals surface area (Å²) in [5, 5.41) is 11.1. The van der Waals surface area contributed by atoms with Gasteiger partial charge in [-0.05, 0) is 25.2 Å². The highest BCUT2D eigenvalue weighted by atomic mass is 16.4. The molecule has 1 unspecified atom stereocenters. The topological polar surface area (TPSA) is 66.4 Å². The molecule has 0 heterocycles. The minimum atomic E-state index is -0.964. The summed E-state index contributed by atoms with van der Waals surface area (Å²) in [4.78, 5) is 21.5. The first kappa shape index (κ1) is 11.0. The van der Waals surface area contributed by atoms with Crippen molar-refractivity contribution in [2.75, 3.05) is 0 Å². The smallest absolute Gasteiger partial charge is 0.404 e. The third-order valence-corrected chi connectivity index (χ3v) is 2.91. The Balaban J connectivity index is 2.44. The van der Waals surface area contributed by atoms with Gasteiger partial charge >= 0.3 is 6.09 Å². The van der Waals surface area contributed by atoms with Crippen molar-refractivity contribution in [3.8, 4) is 0 Å². The molecule has 14 heavy (non-hydrogen) atoms. The van der Waals surface area contributed by atoms with Crippen LogP contribution in [0.1, 0.15) is 39.0 Å². The molecule has 0 radical (unpaired) electrons. The minimum absolute atomic E-state index is 0.0144. The fraction of sp³-hybridized carbons (Fsp3) is 0.800. The van der Waals surface area contributed by atoms with Crippen molar-refractivity contribution in [3.05, 3.63) is 0 Å². The van der Waals surface area contributed by atoms with E-state index in [9.17, 15) is 9.59 Å². The van der Waals surface area contributed by atoms with Crippen molar-refractivity contribution < 1.29 is 14.7 Å². The van der Waals surface area contributed by atoms with Gasteiger partial charge in [-0.1, -0.05) is 6.92 Å². The molecule has 4 nitrogen and oxygen atoms in total. The van der Waals surface area contributed by atoms with Gasteiger partial charge < -0.3 is 10.4 Å².